The molecule has 1 N–H and O–H groups in total. The number of nitrogens with one attached hydrogen (secondary N) is 1. The molecule has 0 spiro atoms. The van der Waals surface area contributed by atoms with Crippen LogP contribution in [0.1, 0.15) is 12.0 Å². The van der Waals surface area contributed by atoms with Gasteiger partial charge in [-0.1, -0.05) is 30.3 Å². The Labute approximate surface area is 123 Å². The molecule has 0 radical (unpaired) electrons. The van der Waals surface area contributed by atoms with Crippen LogP contribution in [0.3, 0.4) is 0 Å². The summed E-state index contributed by atoms with van der Waals surface area (Å²) in [5.74, 6) is 2.46. The molecule has 1 unspecified atom stereocenters. The number of ether oxygens (including phenoxy) is 1. The Balaban J connectivity index is 1.35. The Kier molecular flexibility index (Phi) is 4.47. The van der Waals surface area contributed by atoms with Gasteiger partial charge in [-0.3, -0.25) is 0 Å². The number of likely N-dealkylation sites (tertiary alicyclic amines) is 1. The van der Waals surface area contributed by atoms with Gasteiger partial charge in [0.05, 0.1) is 0 Å². The van der Waals surface area contributed by atoms with Gasteiger partial charge >= 0.3 is 6.09 Å². The molecule has 0 aliphatic carbocycles. The van der Waals surface area contributed by atoms with Crippen molar-refractivity contribution < 1.29 is 9.53 Å². The van der Waals surface area contributed by atoms with Crippen LogP contribution in [0.2, 0.25) is 0 Å². The molecule has 20 heavy (non-hydrogen) atoms. The third-order valence-electron chi connectivity index (χ3n) is 3.75. The average molecular weight is 292 g/mol. The van der Waals surface area contributed by atoms with Crippen LogP contribution in [-0.4, -0.2) is 47.7 Å². The maximum Gasteiger partial charge on any atom is 0.410 e. The zero-order valence-electron chi connectivity index (χ0n) is 11.5. The lowest BCUT2D eigenvalue weighted by molar-refractivity contribution is 0.0584. The SMILES string of the molecule is O=C(OCc1ccccc1)N1CC(NC2CCSC2)C1. The van der Waals surface area contributed by atoms with Gasteiger partial charge in [-0.25, -0.2) is 4.79 Å². The molecule has 2 saturated heterocycles. The Morgan fingerprint density at radius 1 is 1.30 bits per heavy atom. The van der Waals surface area contributed by atoms with Gasteiger partial charge in [0.15, 0.2) is 0 Å². The fourth-order valence-corrected chi connectivity index (χ4v) is 3.71. The van der Waals surface area contributed by atoms with E-state index in [0.717, 1.165) is 18.7 Å². The minimum atomic E-state index is -0.201. The van der Waals surface area contributed by atoms with Gasteiger partial charge in [0.25, 0.3) is 0 Å². The summed E-state index contributed by atoms with van der Waals surface area (Å²) < 4.78 is 5.31. The summed E-state index contributed by atoms with van der Waals surface area (Å²) in [6.45, 7) is 1.90. The molecule has 1 atom stereocenters. The van der Waals surface area contributed by atoms with E-state index in [1.54, 1.807) is 4.90 Å². The van der Waals surface area contributed by atoms with E-state index >= 15 is 0 Å². The molecule has 1 aromatic carbocycles. The van der Waals surface area contributed by atoms with Crippen molar-refractivity contribution in [3.8, 4) is 0 Å². The molecule has 2 aliphatic heterocycles. The van der Waals surface area contributed by atoms with Crippen molar-refractivity contribution in [2.24, 2.45) is 0 Å². The van der Waals surface area contributed by atoms with Crippen LogP contribution in [0.25, 0.3) is 0 Å². The largest absolute Gasteiger partial charge is 0.445 e. The number of nitrogens with zero attached hydrogens (tertiary/aromatic N) is 1. The molecule has 0 aromatic heterocycles. The number of carbonyl (C=O) groups excluding carboxylic acids is 1. The second kappa shape index (κ2) is 6.50. The molecular formula is C15H20N2O2S. The molecule has 0 saturated carbocycles. The predicted molar refractivity (Wildman–Crippen MR) is 80.9 cm³/mol. The summed E-state index contributed by atoms with van der Waals surface area (Å²) in [4.78, 5) is 13.6. The highest BCUT2D eigenvalue weighted by Crippen LogP contribution is 2.19. The summed E-state index contributed by atoms with van der Waals surface area (Å²) in [6, 6.07) is 10.9. The van der Waals surface area contributed by atoms with Gasteiger partial charge in [-0.2, -0.15) is 11.8 Å². The third kappa shape index (κ3) is 3.46. The molecular weight excluding hydrogens is 272 g/mol. The lowest BCUT2D eigenvalue weighted by atomic mass is 10.1. The maximum atomic E-state index is 11.9. The molecule has 4 nitrogen and oxygen atoms in total. The number of carbonyl (C=O) groups is 1. The van der Waals surface area contributed by atoms with E-state index in [1.165, 1.54) is 17.9 Å². The van der Waals surface area contributed by atoms with Gasteiger partial charge < -0.3 is 15.0 Å². The minimum Gasteiger partial charge on any atom is -0.445 e. The van der Waals surface area contributed by atoms with Crippen LogP contribution in [0.15, 0.2) is 30.3 Å². The van der Waals surface area contributed by atoms with E-state index in [9.17, 15) is 4.79 Å². The second-order valence-electron chi connectivity index (χ2n) is 5.37. The predicted octanol–water partition coefficient (Wildman–Crippen LogP) is 2.10. The van der Waals surface area contributed by atoms with Gasteiger partial charge in [-0.05, 0) is 17.7 Å². The normalized spacial score (nSPS) is 22.6. The lowest BCUT2D eigenvalue weighted by Crippen LogP contribution is -2.61. The Hall–Kier alpha value is -1.20. The third-order valence-corrected chi connectivity index (χ3v) is 4.91. The van der Waals surface area contributed by atoms with E-state index < -0.39 is 0 Å². The Morgan fingerprint density at radius 2 is 2.10 bits per heavy atom. The van der Waals surface area contributed by atoms with Gasteiger partial charge in [0.1, 0.15) is 6.61 Å². The van der Waals surface area contributed by atoms with E-state index in [1.807, 2.05) is 42.1 Å². The smallest absolute Gasteiger partial charge is 0.410 e. The van der Waals surface area contributed by atoms with Crippen molar-refractivity contribution in [3.05, 3.63) is 35.9 Å². The Bertz CT molecular complexity index is 442. The van der Waals surface area contributed by atoms with Crippen LogP contribution >= 0.6 is 11.8 Å². The monoisotopic (exact) mass is 292 g/mol. The van der Waals surface area contributed by atoms with Crippen molar-refractivity contribution in [3.63, 3.8) is 0 Å². The van der Waals surface area contributed by atoms with E-state index in [4.69, 9.17) is 4.74 Å². The first-order valence-electron chi connectivity index (χ1n) is 7.10. The first kappa shape index (κ1) is 13.8. The van der Waals surface area contributed by atoms with Crippen molar-refractivity contribution in [2.75, 3.05) is 24.6 Å². The van der Waals surface area contributed by atoms with Crippen LogP contribution < -0.4 is 5.32 Å². The summed E-state index contributed by atoms with van der Waals surface area (Å²) in [5, 5.41) is 3.60. The maximum absolute atomic E-state index is 11.9. The zero-order valence-corrected chi connectivity index (χ0v) is 12.3. The quantitative estimate of drug-likeness (QED) is 0.923. The summed E-state index contributed by atoms with van der Waals surface area (Å²) in [6.07, 6.45) is 1.05. The molecule has 0 bridgehead atoms. The van der Waals surface area contributed by atoms with Gasteiger partial charge in [0.2, 0.25) is 0 Å². The Morgan fingerprint density at radius 3 is 2.80 bits per heavy atom. The van der Waals surface area contributed by atoms with Crippen LogP contribution in [-0.2, 0) is 11.3 Å². The van der Waals surface area contributed by atoms with E-state index in [-0.39, 0.29) is 6.09 Å². The highest BCUT2D eigenvalue weighted by molar-refractivity contribution is 7.99. The molecule has 2 fully saturated rings. The van der Waals surface area contributed by atoms with E-state index in [2.05, 4.69) is 5.32 Å². The summed E-state index contributed by atoms with van der Waals surface area (Å²) >= 11 is 2.00. The van der Waals surface area contributed by atoms with Crippen LogP contribution in [0, 0.1) is 0 Å². The van der Waals surface area contributed by atoms with Gasteiger partial charge in [-0.15, -0.1) is 0 Å². The molecule has 5 heteroatoms. The molecule has 108 valence electrons. The number of benzene rings is 1. The minimum absolute atomic E-state index is 0.201. The molecule has 3 rings (SSSR count). The standard InChI is InChI=1S/C15H20N2O2S/c18-15(19-10-12-4-2-1-3-5-12)17-8-14(9-17)16-13-6-7-20-11-13/h1-5,13-14,16H,6-11H2. The van der Waals surface area contributed by atoms with Crippen LogP contribution in [0.4, 0.5) is 4.79 Å². The fraction of sp³-hybridized carbons (Fsp3) is 0.533. The van der Waals surface area contributed by atoms with Gasteiger partial charge in [0, 0.05) is 30.9 Å². The number of rotatable bonds is 4. The zero-order chi connectivity index (χ0) is 13.8. The lowest BCUT2D eigenvalue weighted by Gasteiger charge is -2.40. The summed E-state index contributed by atoms with van der Waals surface area (Å²) in [5.41, 5.74) is 1.03. The highest BCUT2D eigenvalue weighted by atomic mass is 32.2. The van der Waals surface area contributed by atoms with Crippen molar-refractivity contribution in [1.82, 2.24) is 10.2 Å². The first-order chi connectivity index (χ1) is 9.81. The number of thioether (sulfide) groups is 1. The van der Waals surface area contributed by atoms with Crippen molar-refractivity contribution in [2.45, 2.75) is 25.1 Å². The molecule has 2 aliphatic rings. The molecule has 1 amide bonds. The van der Waals surface area contributed by atoms with Crippen LogP contribution in [0.5, 0.6) is 0 Å². The first-order valence-corrected chi connectivity index (χ1v) is 8.26. The fourth-order valence-electron chi connectivity index (χ4n) is 2.54. The highest BCUT2D eigenvalue weighted by Gasteiger charge is 2.33. The second-order valence-corrected chi connectivity index (χ2v) is 6.52. The number of hydrogen-bond acceptors (Lipinski definition) is 4. The molecule has 1 aromatic rings. The van der Waals surface area contributed by atoms with E-state index in [0.29, 0.717) is 18.7 Å². The summed E-state index contributed by atoms with van der Waals surface area (Å²) in [7, 11) is 0. The number of amides is 1. The average Bonchev–Trinajstić information content (AvgIpc) is 2.94. The topological polar surface area (TPSA) is 41.6 Å². The molecule has 2 heterocycles. The number of hydrogen-bond donors (Lipinski definition) is 1. The van der Waals surface area contributed by atoms with Crippen molar-refractivity contribution >= 4 is 17.9 Å². The van der Waals surface area contributed by atoms with Crippen molar-refractivity contribution in [1.29, 1.82) is 0 Å².